The van der Waals surface area contributed by atoms with Gasteiger partial charge in [-0.25, -0.2) is 21.9 Å². The van der Waals surface area contributed by atoms with Crippen LogP contribution in [0.4, 0.5) is 14.9 Å². The number of carbonyl (C=O) groups is 2. The van der Waals surface area contributed by atoms with E-state index in [0.717, 1.165) is 0 Å². The van der Waals surface area contributed by atoms with Crippen molar-refractivity contribution >= 4 is 39.2 Å². The van der Waals surface area contributed by atoms with E-state index in [4.69, 9.17) is 16.9 Å². The number of sulfonamides is 1. The summed E-state index contributed by atoms with van der Waals surface area (Å²) >= 11 is 5.93. The number of halogens is 2. The zero-order valence-electron chi connectivity index (χ0n) is 16.3. The van der Waals surface area contributed by atoms with Crippen molar-refractivity contribution in [3.63, 3.8) is 0 Å². The Hall–Kier alpha value is -2.42. The molecule has 0 radical (unpaired) electrons. The third-order valence-corrected chi connectivity index (χ3v) is 7.30. The number of urea groups is 1. The maximum atomic E-state index is 14.3. The Morgan fingerprint density at radius 2 is 2.20 bits per heavy atom. The predicted molar refractivity (Wildman–Crippen MR) is 107 cm³/mol. The molecule has 3 unspecified atom stereocenters. The Balaban J connectivity index is 1.72. The molecule has 2 aliphatic heterocycles. The lowest BCUT2D eigenvalue weighted by atomic mass is 9.90. The van der Waals surface area contributed by atoms with Gasteiger partial charge in [-0.15, -0.1) is 0 Å². The van der Waals surface area contributed by atoms with Crippen LogP contribution in [0, 0.1) is 24.2 Å². The third kappa shape index (κ3) is 4.21. The van der Waals surface area contributed by atoms with Gasteiger partial charge in [0, 0.05) is 17.6 Å². The van der Waals surface area contributed by atoms with Gasteiger partial charge in [-0.3, -0.25) is 4.79 Å². The summed E-state index contributed by atoms with van der Waals surface area (Å²) in [5, 5.41) is 17.0. The second-order valence-corrected chi connectivity index (χ2v) is 9.64. The van der Waals surface area contributed by atoms with Gasteiger partial charge in [0.05, 0.1) is 23.7 Å². The van der Waals surface area contributed by atoms with Crippen LogP contribution < -0.4 is 16.0 Å². The molecule has 0 saturated carbocycles. The van der Waals surface area contributed by atoms with Gasteiger partial charge in [-0.2, -0.15) is 5.26 Å². The largest absolute Gasteiger partial charge is 0.350 e. The molecular formula is C18H21ClFN5O4S. The fraction of sp³-hybridized carbons (Fsp3) is 0.500. The topological polar surface area (TPSA) is 131 Å². The molecule has 1 aromatic rings. The summed E-state index contributed by atoms with van der Waals surface area (Å²) in [4.78, 5) is 24.7. The second-order valence-electron chi connectivity index (χ2n) is 7.41. The SMILES string of the molecule is Cc1cc(Cl)cc2c1S(=O)(=O)N(CC(=O)N[C@H](C)C1NCC(C#N)CC1F)C(=O)N2. The molecule has 3 amide bonds. The molecular weight excluding hydrogens is 437 g/mol. The molecule has 162 valence electrons. The highest BCUT2D eigenvalue weighted by atomic mass is 35.5. The van der Waals surface area contributed by atoms with Crippen molar-refractivity contribution in [2.45, 2.75) is 43.4 Å². The zero-order chi connectivity index (χ0) is 22.2. The van der Waals surface area contributed by atoms with E-state index < -0.39 is 52.7 Å². The highest BCUT2D eigenvalue weighted by molar-refractivity contribution is 7.90. The summed E-state index contributed by atoms with van der Waals surface area (Å²) in [6.45, 7) is 2.64. The molecule has 1 saturated heterocycles. The number of hydrogen-bond donors (Lipinski definition) is 3. The van der Waals surface area contributed by atoms with E-state index in [0.29, 0.717) is 16.4 Å². The number of fused-ring (bicyclic) bond motifs is 1. The first-order valence-corrected chi connectivity index (χ1v) is 11.1. The molecule has 1 aromatic carbocycles. The molecule has 0 spiro atoms. The summed E-state index contributed by atoms with van der Waals surface area (Å²) < 4.78 is 40.6. The summed E-state index contributed by atoms with van der Waals surface area (Å²) in [5.74, 6) is -1.20. The number of nitrogens with one attached hydrogen (secondary N) is 3. The fourth-order valence-electron chi connectivity index (χ4n) is 3.73. The van der Waals surface area contributed by atoms with Gasteiger partial charge in [0.2, 0.25) is 5.91 Å². The number of anilines is 1. The minimum absolute atomic E-state index is 0.0498. The molecule has 3 N–H and O–H groups in total. The molecule has 2 aliphatic rings. The minimum atomic E-state index is -4.28. The predicted octanol–water partition coefficient (Wildman–Crippen LogP) is 1.53. The molecule has 2 heterocycles. The van der Waals surface area contributed by atoms with Crippen LogP contribution in [0.15, 0.2) is 17.0 Å². The van der Waals surface area contributed by atoms with Gasteiger partial charge in [0.1, 0.15) is 17.6 Å². The monoisotopic (exact) mass is 457 g/mol. The first kappa shape index (κ1) is 22.3. The van der Waals surface area contributed by atoms with Crippen molar-refractivity contribution in [3.05, 3.63) is 22.7 Å². The van der Waals surface area contributed by atoms with Crippen molar-refractivity contribution in [3.8, 4) is 6.07 Å². The summed E-state index contributed by atoms with van der Waals surface area (Å²) in [6.07, 6.45) is -1.30. The number of alkyl halides is 1. The minimum Gasteiger partial charge on any atom is -0.350 e. The highest BCUT2D eigenvalue weighted by Gasteiger charge is 2.40. The van der Waals surface area contributed by atoms with E-state index in [1.807, 2.05) is 6.07 Å². The quantitative estimate of drug-likeness (QED) is 0.628. The average Bonchev–Trinajstić information content (AvgIpc) is 2.63. The van der Waals surface area contributed by atoms with Crippen molar-refractivity contribution in [2.24, 2.45) is 5.92 Å². The lowest BCUT2D eigenvalue weighted by molar-refractivity contribution is -0.121. The summed E-state index contributed by atoms with van der Waals surface area (Å²) in [6, 6.07) is 2.38. The number of amides is 3. The lowest BCUT2D eigenvalue weighted by Gasteiger charge is -2.35. The number of rotatable bonds is 4. The Morgan fingerprint density at radius 3 is 2.83 bits per heavy atom. The summed E-state index contributed by atoms with van der Waals surface area (Å²) in [7, 11) is -4.28. The molecule has 0 aliphatic carbocycles. The molecule has 30 heavy (non-hydrogen) atoms. The lowest BCUT2D eigenvalue weighted by Crippen LogP contribution is -2.58. The zero-order valence-corrected chi connectivity index (χ0v) is 17.8. The second kappa shape index (κ2) is 8.37. The van der Waals surface area contributed by atoms with Gasteiger partial charge in [0.15, 0.2) is 0 Å². The molecule has 12 heteroatoms. The Morgan fingerprint density at radius 1 is 1.50 bits per heavy atom. The molecule has 9 nitrogen and oxygen atoms in total. The van der Waals surface area contributed by atoms with Crippen molar-refractivity contribution in [2.75, 3.05) is 18.4 Å². The van der Waals surface area contributed by atoms with E-state index in [9.17, 15) is 22.4 Å². The standard InChI is InChI=1S/C18H21ClFN5O4S/c1-9-3-12(19)5-14-17(9)30(28,29)25(18(27)24-14)8-15(26)23-10(2)16-13(20)4-11(6-21)7-22-16/h3,5,10-11,13,16,22H,4,7-8H2,1-2H3,(H,23,26)(H,24,27)/t10-,11?,13?,16?/m1/s1. The molecule has 4 atom stereocenters. The number of carbonyl (C=O) groups excluding carboxylic acids is 2. The van der Waals surface area contributed by atoms with Crippen LogP contribution in [-0.4, -0.2) is 56.0 Å². The maximum Gasteiger partial charge on any atom is 0.336 e. The van der Waals surface area contributed by atoms with E-state index in [1.54, 1.807) is 6.92 Å². The number of aryl methyl sites for hydroxylation is 1. The third-order valence-electron chi connectivity index (χ3n) is 5.15. The van der Waals surface area contributed by atoms with E-state index in [1.165, 1.54) is 19.1 Å². The number of piperidine rings is 1. The average molecular weight is 458 g/mol. The van der Waals surface area contributed by atoms with Crippen molar-refractivity contribution in [1.82, 2.24) is 14.9 Å². The Bertz CT molecular complexity index is 1030. The van der Waals surface area contributed by atoms with Crippen LogP contribution in [0.1, 0.15) is 18.9 Å². The van der Waals surface area contributed by atoms with Crippen molar-refractivity contribution in [1.29, 1.82) is 5.26 Å². The van der Waals surface area contributed by atoms with Crippen LogP contribution in [-0.2, 0) is 14.8 Å². The van der Waals surface area contributed by atoms with Crippen LogP contribution in [0.2, 0.25) is 5.02 Å². The van der Waals surface area contributed by atoms with Crippen LogP contribution in [0.5, 0.6) is 0 Å². The number of hydrogen-bond acceptors (Lipinski definition) is 6. The molecule has 0 bridgehead atoms. The van der Waals surface area contributed by atoms with Gasteiger partial charge < -0.3 is 16.0 Å². The fourth-order valence-corrected chi connectivity index (χ4v) is 5.63. The highest BCUT2D eigenvalue weighted by Crippen LogP contribution is 2.35. The Kier molecular flexibility index (Phi) is 6.21. The van der Waals surface area contributed by atoms with Gasteiger partial charge in [-0.1, -0.05) is 11.6 Å². The number of nitriles is 1. The van der Waals surface area contributed by atoms with Crippen molar-refractivity contribution < 1.29 is 22.4 Å². The van der Waals surface area contributed by atoms with Crippen LogP contribution in [0.3, 0.4) is 0 Å². The Labute approximate surface area is 178 Å². The maximum absolute atomic E-state index is 14.3. The van der Waals surface area contributed by atoms with E-state index in [-0.39, 0.29) is 22.0 Å². The number of nitrogens with zero attached hydrogens (tertiary/aromatic N) is 2. The van der Waals surface area contributed by atoms with E-state index in [2.05, 4.69) is 16.0 Å². The number of benzene rings is 1. The molecule has 3 rings (SSSR count). The van der Waals surface area contributed by atoms with Gasteiger partial charge in [-0.05, 0) is 38.0 Å². The van der Waals surface area contributed by atoms with Gasteiger partial charge in [0.25, 0.3) is 10.0 Å². The normalized spacial score (nSPS) is 26.2. The first-order valence-electron chi connectivity index (χ1n) is 9.25. The molecule has 0 aromatic heterocycles. The molecule has 1 fully saturated rings. The van der Waals surface area contributed by atoms with E-state index >= 15 is 0 Å². The van der Waals surface area contributed by atoms with Crippen LogP contribution >= 0.6 is 11.6 Å². The van der Waals surface area contributed by atoms with Gasteiger partial charge >= 0.3 is 6.03 Å². The summed E-state index contributed by atoms with van der Waals surface area (Å²) in [5.41, 5.74) is 0.378. The smallest absolute Gasteiger partial charge is 0.336 e. The van der Waals surface area contributed by atoms with Crippen LogP contribution in [0.25, 0.3) is 0 Å². The first-order chi connectivity index (χ1) is 14.0.